The molecular weight excluding hydrogens is 438 g/mol. The van der Waals surface area contributed by atoms with E-state index in [1.165, 1.54) is 6.07 Å². The summed E-state index contributed by atoms with van der Waals surface area (Å²) < 4.78 is 39.9. The number of hydrogen-bond acceptors (Lipinski definition) is 6. The molecule has 4 rings (SSSR count). The number of nitrogens with zero attached hydrogens (tertiary/aromatic N) is 2. The Morgan fingerprint density at radius 3 is 2.33 bits per heavy atom. The van der Waals surface area contributed by atoms with Gasteiger partial charge < -0.3 is 9.47 Å². The molecule has 0 bridgehead atoms. The van der Waals surface area contributed by atoms with Gasteiger partial charge in [0.15, 0.2) is 0 Å². The minimum atomic E-state index is -3.85. The third-order valence-electron chi connectivity index (χ3n) is 4.85. The number of hydrogen-bond donors (Lipinski definition) is 1. The minimum absolute atomic E-state index is 0.0559. The molecular formula is C25H25N3O4S. The monoisotopic (exact) mass is 463 g/mol. The fourth-order valence-corrected chi connectivity index (χ4v) is 4.32. The molecule has 8 heteroatoms. The molecule has 0 aliphatic rings. The van der Waals surface area contributed by atoms with Crippen molar-refractivity contribution in [1.29, 1.82) is 0 Å². The summed E-state index contributed by atoms with van der Waals surface area (Å²) in [5.41, 5.74) is 3.13. The number of aromatic nitrogens is 2. The molecule has 0 saturated heterocycles. The van der Waals surface area contributed by atoms with Crippen LogP contribution in [0.2, 0.25) is 0 Å². The normalized spacial score (nSPS) is 11.4. The molecule has 1 aromatic heterocycles. The Morgan fingerprint density at radius 1 is 0.848 bits per heavy atom. The van der Waals surface area contributed by atoms with Gasteiger partial charge in [-0.1, -0.05) is 54.6 Å². The van der Waals surface area contributed by atoms with E-state index in [1.54, 1.807) is 24.3 Å². The predicted octanol–water partition coefficient (Wildman–Crippen LogP) is 4.72. The summed E-state index contributed by atoms with van der Waals surface area (Å²) in [6.45, 7) is 3.17. The van der Waals surface area contributed by atoms with Crippen LogP contribution in [0.1, 0.15) is 17.5 Å². The van der Waals surface area contributed by atoms with Crippen LogP contribution < -0.4 is 9.46 Å². The molecule has 0 radical (unpaired) electrons. The zero-order valence-electron chi connectivity index (χ0n) is 18.3. The second-order valence-corrected chi connectivity index (χ2v) is 9.21. The zero-order chi connectivity index (χ0) is 23.1. The summed E-state index contributed by atoms with van der Waals surface area (Å²) in [6.07, 6.45) is 0.616. The maximum absolute atomic E-state index is 12.9. The Balaban J connectivity index is 1.45. The third-order valence-corrected chi connectivity index (χ3v) is 6.19. The molecule has 0 aliphatic carbocycles. The lowest BCUT2D eigenvalue weighted by atomic mass is 10.2. The Hall–Kier alpha value is -3.49. The number of benzene rings is 3. The number of para-hydroxylation sites is 2. The summed E-state index contributed by atoms with van der Waals surface area (Å²) in [5, 5.41) is 0. The largest absolute Gasteiger partial charge is 0.475 e. The Bertz CT molecular complexity index is 1330. The molecule has 0 amide bonds. The summed E-state index contributed by atoms with van der Waals surface area (Å²) >= 11 is 0. The maximum Gasteiger partial charge on any atom is 0.263 e. The molecule has 0 aliphatic heterocycles. The van der Waals surface area contributed by atoms with E-state index in [-0.39, 0.29) is 16.6 Å². The van der Waals surface area contributed by atoms with Gasteiger partial charge in [-0.2, -0.15) is 0 Å². The van der Waals surface area contributed by atoms with Crippen LogP contribution in [-0.2, 0) is 21.4 Å². The number of sulfonamides is 1. The first-order chi connectivity index (χ1) is 16.0. The lowest BCUT2D eigenvalue weighted by Gasteiger charge is -2.13. The summed E-state index contributed by atoms with van der Waals surface area (Å²) in [7, 11) is -3.85. The Morgan fingerprint density at radius 2 is 1.58 bits per heavy atom. The first kappa shape index (κ1) is 22.7. The molecule has 170 valence electrons. The lowest BCUT2D eigenvalue weighted by Crippen LogP contribution is -2.16. The topological polar surface area (TPSA) is 90.4 Å². The van der Waals surface area contributed by atoms with Crippen LogP contribution in [0.5, 0.6) is 5.88 Å². The number of aryl methyl sites for hydroxylation is 1. The molecule has 1 heterocycles. The average Bonchev–Trinajstić information content (AvgIpc) is 2.82. The van der Waals surface area contributed by atoms with E-state index in [2.05, 4.69) is 14.7 Å². The molecule has 0 unspecified atom stereocenters. The van der Waals surface area contributed by atoms with Crippen molar-refractivity contribution in [2.24, 2.45) is 0 Å². The average molecular weight is 464 g/mol. The lowest BCUT2D eigenvalue weighted by molar-refractivity contribution is 0.107. The van der Waals surface area contributed by atoms with Crippen molar-refractivity contribution in [3.63, 3.8) is 0 Å². The van der Waals surface area contributed by atoms with Gasteiger partial charge in [0.05, 0.1) is 35.7 Å². The first-order valence-corrected chi connectivity index (χ1v) is 12.1. The molecule has 4 aromatic rings. The molecule has 0 fully saturated rings. The number of fused-ring (bicyclic) bond motifs is 1. The van der Waals surface area contributed by atoms with Crippen molar-refractivity contribution in [2.45, 2.75) is 24.8 Å². The van der Waals surface area contributed by atoms with Crippen LogP contribution in [0.3, 0.4) is 0 Å². The van der Waals surface area contributed by atoms with Crippen molar-refractivity contribution in [3.8, 4) is 5.88 Å². The minimum Gasteiger partial charge on any atom is -0.475 e. The van der Waals surface area contributed by atoms with Gasteiger partial charge in [0.25, 0.3) is 15.9 Å². The van der Waals surface area contributed by atoms with Gasteiger partial charge in [0.2, 0.25) is 5.82 Å². The van der Waals surface area contributed by atoms with Crippen molar-refractivity contribution >= 4 is 26.9 Å². The second-order valence-electron chi connectivity index (χ2n) is 7.53. The van der Waals surface area contributed by atoms with Crippen LogP contribution in [0.4, 0.5) is 5.82 Å². The summed E-state index contributed by atoms with van der Waals surface area (Å²) in [5.74, 6) is 0.188. The van der Waals surface area contributed by atoms with Gasteiger partial charge in [-0.3, -0.25) is 4.72 Å². The van der Waals surface area contributed by atoms with E-state index in [0.717, 1.165) is 11.1 Å². The highest BCUT2D eigenvalue weighted by atomic mass is 32.2. The second kappa shape index (κ2) is 10.4. The predicted molar refractivity (Wildman–Crippen MR) is 128 cm³/mol. The van der Waals surface area contributed by atoms with Crippen molar-refractivity contribution in [2.75, 3.05) is 17.9 Å². The van der Waals surface area contributed by atoms with Gasteiger partial charge in [0, 0.05) is 6.42 Å². The maximum atomic E-state index is 12.9. The van der Waals surface area contributed by atoms with Gasteiger partial charge in [0.1, 0.15) is 0 Å². The van der Waals surface area contributed by atoms with E-state index in [0.29, 0.717) is 37.3 Å². The van der Waals surface area contributed by atoms with Gasteiger partial charge >= 0.3 is 0 Å². The van der Waals surface area contributed by atoms with Gasteiger partial charge in [-0.05, 0) is 42.3 Å². The first-order valence-electron chi connectivity index (χ1n) is 10.6. The molecule has 3 aromatic carbocycles. The van der Waals surface area contributed by atoms with Crippen molar-refractivity contribution in [3.05, 3.63) is 90.0 Å². The van der Waals surface area contributed by atoms with E-state index in [1.807, 2.05) is 55.5 Å². The summed E-state index contributed by atoms with van der Waals surface area (Å²) in [6, 6.07) is 23.8. The fourth-order valence-electron chi connectivity index (χ4n) is 3.21. The fraction of sp³-hybridized carbons (Fsp3) is 0.200. The number of nitrogens with one attached hydrogen (secondary N) is 1. The number of ether oxygens (including phenoxy) is 2. The highest BCUT2D eigenvalue weighted by molar-refractivity contribution is 7.92. The standard InChI is InChI=1S/C25H25N3O4S/c1-19-9-7-12-21(17-19)33(29,30)28-24-25(27-23-14-6-5-13-22(23)26-24)32-16-8-15-31-18-20-10-3-2-4-11-20/h2-7,9-14,17H,8,15-16,18H2,1H3,(H,26,28). The van der Waals surface area contributed by atoms with E-state index in [9.17, 15) is 8.42 Å². The smallest absolute Gasteiger partial charge is 0.263 e. The summed E-state index contributed by atoms with van der Waals surface area (Å²) in [4.78, 5) is 9.09. The third kappa shape index (κ3) is 6.06. The zero-order valence-corrected chi connectivity index (χ0v) is 19.1. The SMILES string of the molecule is Cc1cccc(S(=O)(=O)Nc2nc3ccccc3nc2OCCCOCc2ccccc2)c1. The van der Waals surface area contributed by atoms with Crippen LogP contribution in [0.15, 0.2) is 83.8 Å². The van der Waals surface area contributed by atoms with Crippen LogP contribution in [0, 0.1) is 6.92 Å². The van der Waals surface area contributed by atoms with Gasteiger partial charge in [-0.15, -0.1) is 0 Å². The van der Waals surface area contributed by atoms with Crippen LogP contribution >= 0.6 is 0 Å². The van der Waals surface area contributed by atoms with Gasteiger partial charge in [-0.25, -0.2) is 18.4 Å². The molecule has 1 N–H and O–H groups in total. The van der Waals surface area contributed by atoms with E-state index >= 15 is 0 Å². The molecule has 7 nitrogen and oxygen atoms in total. The quantitative estimate of drug-likeness (QED) is 0.342. The molecule has 0 spiro atoms. The Kier molecular flexibility index (Phi) is 7.16. The molecule has 33 heavy (non-hydrogen) atoms. The Labute approximate surface area is 193 Å². The van der Waals surface area contributed by atoms with E-state index < -0.39 is 10.0 Å². The number of anilines is 1. The van der Waals surface area contributed by atoms with Crippen LogP contribution in [0.25, 0.3) is 11.0 Å². The van der Waals surface area contributed by atoms with Crippen molar-refractivity contribution < 1.29 is 17.9 Å². The van der Waals surface area contributed by atoms with E-state index in [4.69, 9.17) is 9.47 Å². The molecule has 0 saturated carbocycles. The molecule has 0 atom stereocenters. The highest BCUT2D eigenvalue weighted by Crippen LogP contribution is 2.26. The highest BCUT2D eigenvalue weighted by Gasteiger charge is 2.20. The van der Waals surface area contributed by atoms with Crippen LogP contribution in [-0.4, -0.2) is 31.6 Å². The number of rotatable bonds is 10. The van der Waals surface area contributed by atoms with Crippen molar-refractivity contribution in [1.82, 2.24) is 9.97 Å².